The lowest BCUT2D eigenvalue weighted by atomic mass is 10.1. The van der Waals surface area contributed by atoms with E-state index in [1.807, 2.05) is 12.1 Å². The van der Waals surface area contributed by atoms with Crippen molar-refractivity contribution in [2.45, 2.75) is 6.54 Å². The molecule has 14 heavy (non-hydrogen) atoms. The molecule has 0 fully saturated rings. The molecular weight excluding hydrogens is 198 g/mol. The number of alkyl halides is 1. The monoisotopic (exact) mass is 205 g/mol. The number of hydrogen-bond acceptors (Lipinski definition) is 1. The Morgan fingerprint density at radius 3 is 3.14 bits per heavy atom. The molecule has 0 atom stereocenters. The van der Waals surface area contributed by atoms with E-state index in [1.165, 1.54) is 0 Å². The van der Waals surface area contributed by atoms with Crippen LogP contribution in [0.1, 0.15) is 21.5 Å². The molecule has 2 nitrogen and oxygen atoms in total. The summed E-state index contributed by atoms with van der Waals surface area (Å²) in [4.78, 5) is 11.2. The summed E-state index contributed by atoms with van der Waals surface area (Å²) in [5.41, 5.74) is 2.67. The van der Waals surface area contributed by atoms with Crippen molar-refractivity contribution in [1.29, 1.82) is 0 Å². The van der Waals surface area contributed by atoms with E-state index in [-0.39, 0.29) is 5.91 Å². The van der Waals surface area contributed by atoms with Crippen LogP contribution in [0.15, 0.2) is 18.2 Å². The molecular formula is C11H8ClNO. The molecule has 70 valence electrons. The molecule has 0 unspecified atom stereocenters. The minimum absolute atomic E-state index is 0.00291. The maximum atomic E-state index is 11.2. The fourth-order valence-corrected chi connectivity index (χ4v) is 1.51. The second kappa shape index (κ2) is 3.73. The Morgan fingerprint density at radius 2 is 2.36 bits per heavy atom. The average Bonchev–Trinajstić information content (AvgIpc) is 2.57. The third kappa shape index (κ3) is 1.59. The number of amides is 1. The first-order valence-electron chi connectivity index (χ1n) is 4.27. The predicted molar refractivity (Wildman–Crippen MR) is 55.2 cm³/mol. The van der Waals surface area contributed by atoms with E-state index in [1.54, 1.807) is 6.07 Å². The standard InChI is InChI=1S/C11H8ClNO/c12-5-1-2-8-3-4-10-9(6-8)7-13-11(10)14/h3-4,6H,5,7H2,(H,13,14). The molecule has 3 heteroatoms. The highest BCUT2D eigenvalue weighted by atomic mass is 35.5. The molecule has 0 aliphatic carbocycles. The zero-order valence-corrected chi connectivity index (χ0v) is 8.19. The summed E-state index contributed by atoms with van der Waals surface area (Å²) in [6, 6.07) is 5.56. The van der Waals surface area contributed by atoms with E-state index in [0.29, 0.717) is 12.4 Å². The van der Waals surface area contributed by atoms with Gasteiger partial charge in [-0.25, -0.2) is 0 Å². The zero-order chi connectivity index (χ0) is 9.97. The number of halogens is 1. The Kier molecular flexibility index (Phi) is 2.43. The van der Waals surface area contributed by atoms with E-state index in [9.17, 15) is 4.79 Å². The van der Waals surface area contributed by atoms with E-state index in [4.69, 9.17) is 11.6 Å². The highest BCUT2D eigenvalue weighted by Crippen LogP contribution is 2.16. The SMILES string of the molecule is O=C1NCc2cc(C#CCCl)ccc21. The highest BCUT2D eigenvalue weighted by molar-refractivity contribution is 6.19. The van der Waals surface area contributed by atoms with Crippen molar-refractivity contribution in [2.24, 2.45) is 0 Å². The molecule has 1 aromatic carbocycles. The lowest BCUT2D eigenvalue weighted by Crippen LogP contribution is -2.12. The molecule has 2 rings (SSSR count). The topological polar surface area (TPSA) is 29.1 Å². The predicted octanol–water partition coefficient (Wildman–Crippen LogP) is 1.52. The van der Waals surface area contributed by atoms with Crippen LogP contribution in [-0.2, 0) is 6.54 Å². The first kappa shape index (κ1) is 9.11. The molecule has 0 saturated heterocycles. The van der Waals surface area contributed by atoms with Crippen LogP contribution < -0.4 is 5.32 Å². The van der Waals surface area contributed by atoms with Gasteiger partial charge in [-0.15, -0.1) is 11.6 Å². The van der Waals surface area contributed by atoms with Gasteiger partial charge in [0.25, 0.3) is 5.91 Å². The third-order valence-electron chi connectivity index (χ3n) is 2.09. The van der Waals surface area contributed by atoms with Gasteiger partial charge in [-0.1, -0.05) is 11.8 Å². The highest BCUT2D eigenvalue weighted by Gasteiger charge is 2.17. The van der Waals surface area contributed by atoms with Gasteiger partial charge in [0, 0.05) is 17.7 Å². The van der Waals surface area contributed by atoms with Crippen molar-refractivity contribution >= 4 is 17.5 Å². The molecule has 0 aromatic heterocycles. The largest absolute Gasteiger partial charge is 0.348 e. The lowest BCUT2D eigenvalue weighted by molar-refractivity contribution is 0.0966. The molecule has 1 N–H and O–H groups in total. The first-order valence-corrected chi connectivity index (χ1v) is 4.80. The Morgan fingerprint density at radius 1 is 1.50 bits per heavy atom. The molecule has 0 spiro atoms. The number of carbonyl (C=O) groups is 1. The van der Waals surface area contributed by atoms with Crippen LogP contribution in [0.3, 0.4) is 0 Å². The first-order chi connectivity index (χ1) is 6.81. The number of fused-ring (bicyclic) bond motifs is 1. The molecule has 1 aromatic rings. The van der Waals surface area contributed by atoms with Crippen molar-refractivity contribution in [3.8, 4) is 11.8 Å². The molecule has 1 heterocycles. The Hall–Kier alpha value is -1.46. The van der Waals surface area contributed by atoms with E-state index >= 15 is 0 Å². The van der Waals surface area contributed by atoms with Gasteiger partial charge >= 0.3 is 0 Å². The van der Waals surface area contributed by atoms with Crippen LogP contribution in [-0.4, -0.2) is 11.8 Å². The van der Waals surface area contributed by atoms with Crippen molar-refractivity contribution < 1.29 is 4.79 Å². The number of rotatable bonds is 0. The molecule has 1 aliphatic heterocycles. The van der Waals surface area contributed by atoms with Gasteiger partial charge in [0.15, 0.2) is 0 Å². The minimum atomic E-state index is -0.00291. The van der Waals surface area contributed by atoms with E-state index < -0.39 is 0 Å². The lowest BCUT2D eigenvalue weighted by Gasteiger charge is -1.95. The Bertz CT molecular complexity index is 442. The maximum Gasteiger partial charge on any atom is 0.251 e. The Balaban J connectivity index is 2.37. The summed E-state index contributed by atoms with van der Waals surface area (Å²) >= 11 is 5.45. The smallest absolute Gasteiger partial charge is 0.251 e. The minimum Gasteiger partial charge on any atom is -0.348 e. The van der Waals surface area contributed by atoms with Crippen LogP contribution in [0.2, 0.25) is 0 Å². The summed E-state index contributed by atoms with van der Waals surface area (Å²) in [5, 5.41) is 2.76. The summed E-state index contributed by atoms with van der Waals surface area (Å²) in [5.74, 6) is 6.02. The van der Waals surface area contributed by atoms with Gasteiger partial charge in [0.1, 0.15) is 0 Å². The maximum absolute atomic E-state index is 11.2. The van der Waals surface area contributed by atoms with Gasteiger partial charge in [-0.3, -0.25) is 4.79 Å². The van der Waals surface area contributed by atoms with Gasteiger partial charge in [-0.05, 0) is 23.8 Å². The fraction of sp³-hybridized carbons (Fsp3) is 0.182. The molecule has 1 amide bonds. The van der Waals surface area contributed by atoms with Crippen LogP contribution in [0, 0.1) is 11.8 Å². The zero-order valence-electron chi connectivity index (χ0n) is 7.43. The van der Waals surface area contributed by atoms with Gasteiger partial charge < -0.3 is 5.32 Å². The van der Waals surface area contributed by atoms with Gasteiger partial charge in [-0.2, -0.15) is 0 Å². The number of hydrogen-bond donors (Lipinski definition) is 1. The summed E-state index contributed by atoms with van der Waals surface area (Å²) in [6.07, 6.45) is 0. The summed E-state index contributed by atoms with van der Waals surface area (Å²) < 4.78 is 0. The molecule has 0 radical (unpaired) electrons. The summed E-state index contributed by atoms with van der Waals surface area (Å²) in [7, 11) is 0. The summed E-state index contributed by atoms with van der Waals surface area (Å²) in [6.45, 7) is 0.602. The van der Waals surface area contributed by atoms with Gasteiger partial charge in [0.2, 0.25) is 0 Å². The van der Waals surface area contributed by atoms with Crippen LogP contribution >= 0.6 is 11.6 Å². The quantitative estimate of drug-likeness (QED) is 0.505. The molecule has 0 bridgehead atoms. The second-order valence-corrected chi connectivity index (χ2v) is 3.26. The van der Waals surface area contributed by atoms with Crippen molar-refractivity contribution in [3.05, 3.63) is 34.9 Å². The van der Waals surface area contributed by atoms with Crippen LogP contribution in [0.4, 0.5) is 0 Å². The van der Waals surface area contributed by atoms with Crippen LogP contribution in [0.25, 0.3) is 0 Å². The van der Waals surface area contributed by atoms with Crippen molar-refractivity contribution in [3.63, 3.8) is 0 Å². The van der Waals surface area contributed by atoms with Gasteiger partial charge in [0.05, 0.1) is 5.88 Å². The molecule has 0 saturated carbocycles. The normalized spacial score (nSPS) is 12.8. The van der Waals surface area contributed by atoms with Crippen molar-refractivity contribution in [2.75, 3.05) is 5.88 Å². The van der Waals surface area contributed by atoms with Crippen LogP contribution in [0.5, 0.6) is 0 Å². The number of benzene rings is 1. The van der Waals surface area contributed by atoms with E-state index in [0.717, 1.165) is 16.7 Å². The average molecular weight is 206 g/mol. The third-order valence-corrected chi connectivity index (χ3v) is 2.22. The second-order valence-electron chi connectivity index (χ2n) is 2.99. The van der Waals surface area contributed by atoms with E-state index in [2.05, 4.69) is 17.2 Å². The Labute approximate surface area is 87.3 Å². The number of nitrogens with one attached hydrogen (secondary N) is 1. The van der Waals surface area contributed by atoms with Crippen molar-refractivity contribution in [1.82, 2.24) is 5.32 Å². The fourth-order valence-electron chi connectivity index (χ4n) is 1.45. The number of carbonyl (C=O) groups excluding carboxylic acids is 1. The molecule has 1 aliphatic rings.